The topological polar surface area (TPSA) is 203 Å². The molecule has 15 nitrogen and oxygen atoms in total. The van der Waals surface area contributed by atoms with Gasteiger partial charge in [-0.05, 0) is 25.0 Å². The van der Waals surface area contributed by atoms with Gasteiger partial charge in [0, 0.05) is 26.1 Å². The zero-order valence-corrected chi connectivity index (χ0v) is 21.4. The molecule has 0 saturated heterocycles. The molecular weight excluding hydrogens is 498 g/mol. The fourth-order valence-electron chi connectivity index (χ4n) is 4.10. The third kappa shape index (κ3) is 6.66. The van der Waals surface area contributed by atoms with E-state index in [1.807, 2.05) is 6.92 Å². The minimum absolute atomic E-state index is 0.00581. The molecule has 0 saturated carbocycles. The summed E-state index contributed by atoms with van der Waals surface area (Å²) < 4.78 is 0. The van der Waals surface area contributed by atoms with Gasteiger partial charge in [-0.2, -0.15) is 5.21 Å². The second-order valence-electron chi connectivity index (χ2n) is 8.89. The van der Waals surface area contributed by atoms with Crippen molar-refractivity contribution in [3.63, 3.8) is 0 Å². The molecular formula is C23H31N9O6. The normalized spacial score (nSPS) is 15.8. The summed E-state index contributed by atoms with van der Waals surface area (Å²) in [7, 11) is 1.44. The second kappa shape index (κ2) is 12.7. The van der Waals surface area contributed by atoms with Crippen molar-refractivity contribution in [1.29, 1.82) is 0 Å². The van der Waals surface area contributed by atoms with Gasteiger partial charge in [-0.25, -0.2) is 4.98 Å². The van der Waals surface area contributed by atoms with Crippen molar-refractivity contribution in [1.82, 2.24) is 41.1 Å². The maximum absolute atomic E-state index is 13.7. The van der Waals surface area contributed by atoms with Crippen LogP contribution in [0.15, 0.2) is 18.3 Å². The van der Waals surface area contributed by atoms with Crippen molar-refractivity contribution in [2.24, 2.45) is 0 Å². The lowest BCUT2D eigenvalue weighted by Gasteiger charge is -2.33. The Bertz CT molecular complexity index is 1170. The van der Waals surface area contributed by atoms with E-state index in [-0.39, 0.29) is 31.6 Å². The van der Waals surface area contributed by atoms with Crippen molar-refractivity contribution < 1.29 is 29.1 Å². The number of carbonyl (C=O) groups excluding carboxylic acids is 4. The highest BCUT2D eigenvalue weighted by Crippen LogP contribution is 2.31. The molecule has 2 aromatic heterocycles. The Morgan fingerprint density at radius 3 is 2.68 bits per heavy atom. The van der Waals surface area contributed by atoms with E-state index in [0.717, 1.165) is 0 Å². The first-order chi connectivity index (χ1) is 18.1. The van der Waals surface area contributed by atoms with Crippen LogP contribution in [0.2, 0.25) is 0 Å². The zero-order valence-electron chi connectivity index (χ0n) is 21.4. The van der Waals surface area contributed by atoms with Crippen LogP contribution >= 0.6 is 0 Å². The van der Waals surface area contributed by atoms with Gasteiger partial charge in [0.25, 0.3) is 5.91 Å². The number of nitrogens with one attached hydrogen (secondary N) is 3. The van der Waals surface area contributed by atoms with Crippen LogP contribution in [0.5, 0.6) is 0 Å². The number of fused-ring (bicyclic) bond motifs is 1. The highest BCUT2D eigenvalue weighted by atomic mass is 16.4. The van der Waals surface area contributed by atoms with E-state index in [9.17, 15) is 24.0 Å². The van der Waals surface area contributed by atoms with E-state index in [1.54, 1.807) is 12.1 Å². The molecule has 3 rings (SSSR count). The van der Waals surface area contributed by atoms with E-state index in [2.05, 4.69) is 36.2 Å². The van der Waals surface area contributed by atoms with Gasteiger partial charge in [-0.1, -0.05) is 24.6 Å². The molecule has 3 atom stereocenters. The lowest BCUT2D eigenvalue weighted by atomic mass is 10.1. The number of aliphatic carboxylic acids is 1. The first-order valence-electron chi connectivity index (χ1n) is 12.2. The van der Waals surface area contributed by atoms with E-state index in [0.29, 0.717) is 24.2 Å². The number of likely N-dealkylation sites (N-methyl/N-ethyl adjacent to an activating group) is 1. The Hall–Kier alpha value is -4.43. The van der Waals surface area contributed by atoms with Crippen LogP contribution in [0.25, 0.3) is 0 Å². The molecule has 0 fully saturated rings. The monoisotopic (exact) mass is 529 g/mol. The van der Waals surface area contributed by atoms with Gasteiger partial charge in [0.2, 0.25) is 17.7 Å². The largest absolute Gasteiger partial charge is 0.481 e. The highest BCUT2D eigenvalue weighted by molar-refractivity contribution is 6.06. The standard InChI is InChI=1S/C23H31N9O6/c1-4-6-15(26-18(33)8-9-19(34)35)23(38)31(3)13(2)22(37)32-16(11-14-7-5-10-24-20(14)32)21(36)25-12-17-27-29-30-28-17/h5,7,10,13,15-16H,4,6,8-9,11-12H2,1-3H3,(H,25,36)(H,26,33)(H,34,35)(H,27,28,29,30)/t13-,15-,16-/m0/s1. The minimum Gasteiger partial charge on any atom is -0.481 e. The van der Waals surface area contributed by atoms with Gasteiger partial charge in [0.05, 0.1) is 13.0 Å². The van der Waals surface area contributed by atoms with Crippen molar-refractivity contribution in [3.8, 4) is 0 Å². The summed E-state index contributed by atoms with van der Waals surface area (Å²) in [6.45, 7) is 3.37. The molecule has 15 heteroatoms. The minimum atomic E-state index is -1.12. The maximum atomic E-state index is 13.7. The van der Waals surface area contributed by atoms with E-state index >= 15 is 0 Å². The predicted octanol–water partition coefficient (Wildman–Crippen LogP) is -0.835. The van der Waals surface area contributed by atoms with Gasteiger partial charge in [0.15, 0.2) is 5.82 Å². The third-order valence-corrected chi connectivity index (χ3v) is 6.23. The van der Waals surface area contributed by atoms with Gasteiger partial charge in [-0.15, -0.1) is 10.2 Å². The summed E-state index contributed by atoms with van der Waals surface area (Å²) in [6.07, 6.45) is 1.99. The number of nitrogens with zero attached hydrogens (tertiary/aromatic N) is 6. The van der Waals surface area contributed by atoms with Crippen molar-refractivity contribution in [2.75, 3.05) is 11.9 Å². The first-order valence-corrected chi connectivity index (χ1v) is 12.2. The fraction of sp³-hybridized carbons (Fsp3) is 0.522. The summed E-state index contributed by atoms with van der Waals surface area (Å²) in [6, 6.07) is 0.645. The SMILES string of the molecule is CCC[C@H](NC(=O)CCC(=O)O)C(=O)N(C)[C@@H](C)C(=O)N1c2ncccc2C[C@H]1C(=O)NCc1nn[nH]n1. The maximum Gasteiger partial charge on any atom is 0.303 e. The lowest BCUT2D eigenvalue weighted by molar-refractivity contribution is -0.141. The average Bonchev–Trinajstić information content (AvgIpc) is 3.56. The molecule has 0 radical (unpaired) electrons. The number of carbonyl (C=O) groups is 5. The number of amides is 4. The lowest BCUT2D eigenvalue weighted by Crippen LogP contribution is -2.57. The Morgan fingerprint density at radius 1 is 1.26 bits per heavy atom. The number of carboxylic acid groups (broad SMARTS) is 1. The molecule has 4 amide bonds. The number of aromatic amines is 1. The molecule has 2 aromatic rings. The van der Waals surface area contributed by atoms with Gasteiger partial charge in [-0.3, -0.25) is 28.9 Å². The number of hydrogen-bond acceptors (Lipinski definition) is 9. The number of carboxylic acids is 1. The van der Waals surface area contributed by atoms with Gasteiger partial charge >= 0.3 is 5.97 Å². The Kier molecular flexibility index (Phi) is 9.40. The van der Waals surface area contributed by atoms with E-state index in [4.69, 9.17) is 5.11 Å². The Balaban J connectivity index is 1.75. The molecule has 4 N–H and O–H groups in total. The number of tetrazole rings is 1. The Morgan fingerprint density at radius 2 is 2.03 bits per heavy atom. The molecule has 204 valence electrons. The molecule has 1 aliphatic rings. The molecule has 0 unspecified atom stereocenters. The van der Waals surface area contributed by atoms with Crippen LogP contribution in [0.3, 0.4) is 0 Å². The number of aromatic nitrogens is 5. The number of rotatable bonds is 12. The van der Waals surface area contributed by atoms with Crippen LogP contribution < -0.4 is 15.5 Å². The zero-order chi connectivity index (χ0) is 27.8. The van der Waals surface area contributed by atoms with Gasteiger partial charge < -0.3 is 20.6 Å². The summed E-state index contributed by atoms with van der Waals surface area (Å²) in [5.74, 6) is -2.56. The van der Waals surface area contributed by atoms with Gasteiger partial charge in [0.1, 0.15) is 23.9 Å². The van der Waals surface area contributed by atoms with Crippen molar-refractivity contribution in [3.05, 3.63) is 29.7 Å². The second-order valence-corrected chi connectivity index (χ2v) is 8.89. The number of hydrogen-bond donors (Lipinski definition) is 4. The molecule has 1 aliphatic heterocycles. The van der Waals surface area contributed by atoms with E-state index < -0.39 is 47.7 Å². The van der Waals surface area contributed by atoms with Crippen molar-refractivity contribution >= 4 is 35.4 Å². The molecule has 3 heterocycles. The first kappa shape index (κ1) is 28.1. The van der Waals surface area contributed by atoms with Crippen LogP contribution in [-0.4, -0.2) is 90.4 Å². The van der Waals surface area contributed by atoms with E-state index in [1.165, 1.54) is 30.0 Å². The van der Waals surface area contributed by atoms with Crippen molar-refractivity contribution in [2.45, 2.75) is 70.6 Å². The molecule has 0 aliphatic carbocycles. The molecule has 0 bridgehead atoms. The van der Waals surface area contributed by atoms with Crippen LogP contribution in [-0.2, 0) is 36.9 Å². The number of pyridine rings is 1. The van der Waals surface area contributed by atoms with Crippen LogP contribution in [0, 0.1) is 0 Å². The third-order valence-electron chi connectivity index (χ3n) is 6.23. The smallest absolute Gasteiger partial charge is 0.303 e. The van der Waals surface area contributed by atoms with Crippen LogP contribution in [0.4, 0.5) is 5.82 Å². The average molecular weight is 530 g/mol. The summed E-state index contributed by atoms with van der Waals surface area (Å²) >= 11 is 0. The molecule has 0 aromatic carbocycles. The molecule has 0 spiro atoms. The summed E-state index contributed by atoms with van der Waals surface area (Å²) in [5, 5.41) is 27.4. The number of anilines is 1. The predicted molar refractivity (Wildman–Crippen MR) is 131 cm³/mol. The quantitative estimate of drug-likeness (QED) is 0.268. The molecule has 38 heavy (non-hydrogen) atoms. The summed E-state index contributed by atoms with van der Waals surface area (Å²) in [4.78, 5) is 69.8. The number of H-pyrrole nitrogens is 1. The Labute approximate surface area is 218 Å². The highest BCUT2D eigenvalue weighted by Gasteiger charge is 2.42. The van der Waals surface area contributed by atoms with Crippen LogP contribution in [0.1, 0.15) is 50.9 Å². The summed E-state index contributed by atoms with van der Waals surface area (Å²) in [5.41, 5.74) is 0.705. The fourth-order valence-corrected chi connectivity index (χ4v) is 4.10.